The molecule has 3 aromatic heterocycles. The van der Waals surface area contributed by atoms with Gasteiger partial charge in [-0.2, -0.15) is 0 Å². The van der Waals surface area contributed by atoms with Crippen molar-refractivity contribution in [3.8, 4) is 5.69 Å². The first-order valence-corrected chi connectivity index (χ1v) is 8.71. The van der Waals surface area contributed by atoms with Crippen LogP contribution >= 0.6 is 0 Å². The fourth-order valence-electron chi connectivity index (χ4n) is 3.29. The van der Waals surface area contributed by atoms with Crippen molar-refractivity contribution in [1.82, 2.24) is 19.5 Å². The van der Waals surface area contributed by atoms with E-state index in [1.54, 1.807) is 41.6 Å². The molecule has 1 aliphatic rings. The second-order valence-corrected chi connectivity index (χ2v) is 6.40. The number of anilines is 2. The molecule has 7 heteroatoms. The molecule has 132 valence electrons. The van der Waals surface area contributed by atoms with Gasteiger partial charge in [-0.05, 0) is 37.5 Å². The first-order valence-electron chi connectivity index (χ1n) is 8.71. The summed E-state index contributed by atoms with van der Waals surface area (Å²) in [7, 11) is 0. The molecule has 4 rings (SSSR count). The van der Waals surface area contributed by atoms with Crippen molar-refractivity contribution in [3.63, 3.8) is 0 Å². The second-order valence-electron chi connectivity index (χ2n) is 6.40. The highest BCUT2D eigenvalue weighted by Gasteiger charge is 2.25. The van der Waals surface area contributed by atoms with Crippen molar-refractivity contribution >= 4 is 11.6 Å². The van der Waals surface area contributed by atoms with Crippen LogP contribution in [0.5, 0.6) is 0 Å². The molecule has 0 spiro atoms. The Morgan fingerprint density at radius 2 is 1.77 bits per heavy atom. The minimum Gasteiger partial charge on any atom is -0.367 e. The third-order valence-corrected chi connectivity index (χ3v) is 4.55. The lowest BCUT2D eigenvalue weighted by Gasteiger charge is -2.15. The van der Waals surface area contributed by atoms with Gasteiger partial charge in [0, 0.05) is 36.7 Å². The molecule has 0 amide bonds. The van der Waals surface area contributed by atoms with E-state index in [0.29, 0.717) is 12.1 Å². The number of nitrogens with zero attached hydrogens (tertiary/aromatic N) is 4. The summed E-state index contributed by atoms with van der Waals surface area (Å²) in [6, 6.07) is 9.66. The fraction of sp³-hybridized carbons (Fsp3) is 0.263. The molecule has 2 N–H and O–H groups in total. The molecule has 0 aliphatic heterocycles. The number of pyridine rings is 2. The van der Waals surface area contributed by atoms with E-state index in [2.05, 4.69) is 25.6 Å². The average molecular weight is 348 g/mol. The molecule has 0 aromatic carbocycles. The molecule has 7 nitrogen and oxygen atoms in total. The molecule has 3 heterocycles. The van der Waals surface area contributed by atoms with Crippen LogP contribution in [0.3, 0.4) is 0 Å². The highest BCUT2D eigenvalue weighted by molar-refractivity contribution is 5.42. The van der Waals surface area contributed by atoms with Crippen LogP contribution in [0.1, 0.15) is 19.3 Å². The monoisotopic (exact) mass is 348 g/mol. The lowest BCUT2D eigenvalue weighted by atomic mass is 10.2. The smallest absolute Gasteiger partial charge is 0.255 e. The Balaban J connectivity index is 1.36. The van der Waals surface area contributed by atoms with Gasteiger partial charge in [0.1, 0.15) is 11.6 Å². The summed E-state index contributed by atoms with van der Waals surface area (Å²) in [5, 5.41) is 6.90. The van der Waals surface area contributed by atoms with E-state index in [4.69, 9.17) is 0 Å². The third kappa shape index (κ3) is 3.72. The van der Waals surface area contributed by atoms with Crippen LogP contribution in [0.4, 0.5) is 11.6 Å². The van der Waals surface area contributed by atoms with Gasteiger partial charge in [-0.1, -0.05) is 6.07 Å². The predicted octanol–water partition coefficient (Wildman–Crippen LogP) is 2.47. The summed E-state index contributed by atoms with van der Waals surface area (Å²) < 4.78 is 1.58. The molecular weight excluding hydrogens is 328 g/mol. The fourth-order valence-corrected chi connectivity index (χ4v) is 3.29. The predicted molar refractivity (Wildman–Crippen MR) is 101 cm³/mol. The maximum atomic E-state index is 11.9. The summed E-state index contributed by atoms with van der Waals surface area (Å²) in [6.07, 6.45) is 11.7. The van der Waals surface area contributed by atoms with Crippen LogP contribution < -0.4 is 16.2 Å². The second kappa shape index (κ2) is 7.35. The Hall–Kier alpha value is -3.22. The van der Waals surface area contributed by atoms with Gasteiger partial charge in [-0.15, -0.1) is 0 Å². The molecule has 1 fully saturated rings. The van der Waals surface area contributed by atoms with Crippen LogP contribution in [0.15, 0.2) is 66.1 Å². The topological polar surface area (TPSA) is 84.7 Å². The van der Waals surface area contributed by atoms with Crippen molar-refractivity contribution in [3.05, 3.63) is 71.7 Å². The third-order valence-electron chi connectivity index (χ3n) is 4.55. The van der Waals surface area contributed by atoms with E-state index in [1.165, 1.54) is 6.07 Å². The number of hydrogen-bond acceptors (Lipinski definition) is 6. The standard InChI is InChI=1S/C19H20N6O/c26-19-3-1-2-10-25(19)16-6-7-17(22-12-16)23-14-4-5-15(11-14)24-18-13-20-8-9-21-18/h1-3,6-10,12-15H,4-5,11H2,(H,21,24)(H,22,23)/t14-,15-/m0/s1. The first kappa shape index (κ1) is 16.3. The highest BCUT2D eigenvalue weighted by atomic mass is 16.1. The molecule has 1 saturated carbocycles. The summed E-state index contributed by atoms with van der Waals surface area (Å²) in [5.74, 6) is 1.64. The number of hydrogen-bond donors (Lipinski definition) is 2. The van der Waals surface area contributed by atoms with E-state index >= 15 is 0 Å². The average Bonchev–Trinajstić information content (AvgIpc) is 3.10. The van der Waals surface area contributed by atoms with E-state index in [1.807, 2.05) is 18.2 Å². The molecule has 0 saturated heterocycles. The number of nitrogens with one attached hydrogen (secondary N) is 2. The van der Waals surface area contributed by atoms with Gasteiger partial charge in [0.15, 0.2) is 0 Å². The van der Waals surface area contributed by atoms with Gasteiger partial charge in [0.05, 0.1) is 18.1 Å². The Morgan fingerprint density at radius 3 is 2.46 bits per heavy atom. The Bertz CT molecular complexity index is 909. The van der Waals surface area contributed by atoms with Gasteiger partial charge in [0.25, 0.3) is 5.56 Å². The number of aromatic nitrogens is 4. The Morgan fingerprint density at radius 1 is 0.923 bits per heavy atom. The quantitative estimate of drug-likeness (QED) is 0.737. The van der Waals surface area contributed by atoms with Crippen molar-refractivity contribution in [2.45, 2.75) is 31.3 Å². The molecule has 3 aromatic rings. The van der Waals surface area contributed by atoms with Crippen LogP contribution in [0.25, 0.3) is 5.69 Å². The molecule has 26 heavy (non-hydrogen) atoms. The minimum atomic E-state index is -0.0660. The van der Waals surface area contributed by atoms with Gasteiger partial charge >= 0.3 is 0 Å². The maximum absolute atomic E-state index is 11.9. The van der Waals surface area contributed by atoms with Crippen LogP contribution in [-0.2, 0) is 0 Å². The van der Waals surface area contributed by atoms with E-state index in [9.17, 15) is 4.79 Å². The Kier molecular flexibility index (Phi) is 4.59. The zero-order valence-electron chi connectivity index (χ0n) is 14.2. The van der Waals surface area contributed by atoms with Gasteiger partial charge in [0.2, 0.25) is 0 Å². The summed E-state index contributed by atoms with van der Waals surface area (Å²) in [5.41, 5.74) is 0.693. The lowest BCUT2D eigenvalue weighted by molar-refractivity contribution is 0.719. The van der Waals surface area contributed by atoms with Crippen LogP contribution in [-0.4, -0.2) is 31.6 Å². The summed E-state index contributed by atoms with van der Waals surface area (Å²) in [6.45, 7) is 0. The summed E-state index contributed by atoms with van der Waals surface area (Å²) in [4.78, 5) is 24.7. The van der Waals surface area contributed by atoms with Crippen LogP contribution in [0.2, 0.25) is 0 Å². The van der Waals surface area contributed by atoms with E-state index in [0.717, 1.165) is 36.6 Å². The largest absolute Gasteiger partial charge is 0.367 e. The zero-order valence-corrected chi connectivity index (χ0v) is 14.2. The molecule has 0 unspecified atom stereocenters. The first-order chi connectivity index (χ1) is 12.8. The normalized spacial score (nSPS) is 19.2. The van der Waals surface area contributed by atoms with Gasteiger partial charge < -0.3 is 10.6 Å². The van der Waals surface area contributed by atoms with Crippen LogP contribution in [0, 0.1) is 0 Å². The molecular formula is C19H20N6O. The lowest BCUT2D eigenvalue weighted by Crippen LogP contribution is -2.21. The number of rotatable bonds is 5. The van der Waals surface area contributed by atoms with Crippen molar-refractivity contribution < 1.29 is 0 Å². The van der Waals surface area contributed by atoms with Crippen molar-refractivity contribution in [2.24, 2.45) is 0 Å². The Labute approximate surface area is 151 Å². The molecule has 2 atom stereocenters. The maximum Gasteiger partial charge on any atom is 0.255 e. The van der Waals surface area contributed by atoms with Crippen molar-refractivity contribution in [1.29, 1.82) is 0 Å². The minimum absolute atomic E-state index is 0.0660. The zero-order chi connectivity index (χ0) is 17.8. The molecule has 0 radical (unpaired) electrons. The van der Waals surface area contributed by atoms with Gasteiger partial charge in [-0.3, -0.25) is 14.3 Å². The molecule has 1 aliphatic carbocycles. The van der Waals surface area contributed by atoms with Gasteiger partial charge in [-0.25, -0.2) is 9.97 Å². The van der Waals surface area contributed by atoms with Crippen molar-refractivity contribution in [2.75, 3.05) is 10.6 Å². The van der Waals surface area contributed by atoms with E-state index in [-0.39, 0.29) is 5.56 Å². The SMILES string of the molecule is O=c1ccccn1-c1ccc(N[C@H]2CC[C@H](Nc3cnccn3)C2)nc1. The highest BCUT2D eigenvalue weighted by Crippen LogP contribution is 2.24. The van der Waals surface area contributed by atoms with E-state index < -0.39 is 0 Å². The summed E-state index contributed by atoms with van der Waals surface area (Å²) >= 11 is 0. The molecule has 0 bridgehead atoms.